The maximum atomic E-state index is 5.65. The Bertz CT molecular complexity index is 3840. The Balaban J connectivity index is 1.16. The van der Waals surface area contributed by atoms with E-state index in [1.165, 1.54) is 37.7 Å². The van der Waals surface area contributed by atoms with E-state index in [-0.39, 0.29) is 0 Å². The molecule has 0 unspecified atom stereocenters. The normalized spacial score (nSPS) is 12.0. The number of fused-ring (bicyclic) bond motifs is 12. The predicted molar refractivity (Wildman–Crippen MR) is 249 cm³/mol. The number of benzene rings is 9. The minimum Gasteiger partial charge on any atom is -0.309 e. The molecule has 0 bridgehead atoms. The average molecular weight is 764 g/mol. The van der Waals surface area contributed by atoms with E-state index in [0.717, 1.165) is 83.1 Å². The second kappa shape index (κ2) is 12.7. The summed E-state index contributed by atoms with van der Waals surface area (Å²) >= 11 is 0. The highest BCUT2D eigenvalue weighted by Crippen LogP contribution is 2.44. The van der Waals surface area contributed by atoms with Crippen LogP contribution in [0.1, 0.15) is 0 Å². The van der Waals surface area contributed by atoms with Crippen LogP contribution < -0.4 is 0 Å². The molecule has 5 heteroatoms. The van der Waals surface area contributed by atoms with Gasteiger partial charge in [-0.05, 0) is 86.4 Å². The van der Waals surface area contributed by atoms with Crippen LogP contribution in [0.4, 0.5) is 0 Å². The maximum absolute atomic E-state index is 5.65. The Kier molecular flexibility index (Phi) is 6.95. The molecular formula is C55H33N5. The van der Waals surface area contributed by atoms with Crippen molar-refractivity contribution >= 4 is 86.8 Å². The van der Waals surface area contributed by atoms with Gasteiger partial charge in [0.1, 0.15) is 11.3 Å². The molecule has 4 aromatic heterocycles. The minimum atomic E-state index is 0.739. The summed E-state index contributed by atoms with van der Waals surface area (Å²) in [5.74, 6) is 1.55. The van der Waals surface area contributed by atoms with Crippen LogP contribution in [0.2, 0.25) is 0 Å². The van der Waals surface area contributed by atoms with Crippen LogP contribution in [-0.2, 0) is 0 Å². The molecule has 0 radical (unpaired) electrons. The molecule has 278 valence electrons. The van der Waals surface area contributed by atoms with Gasteiger partial charge >= 0.3 is 0 Å². The highest BCUT2D eigenvalue weighted by atomic mass is 15.1. The van der Waals surface area contributed by atoms with E-state index < -0.39 is 0 Å². The average Bonchev–Trinajstić information content (AvgIpc) is 3.88. The fourth-order valence-electron chi connectivity index (χ4n) is 9.80. The van der Waals surface area contributed by atoms with Crippen molar-refractivity contribution in [3.05, 3.63) is 200 Å². The summed E-state index contributed by atoms with van der Waals surface area (Å²) in [6.07, 6.45) is 3.94. The van der Waals surface area contributed by atoms with Crippen molar-refractivity contribution < 1.29 is 0 Å². The van der Waals surface area contributed by atoms with E-state index in [9.17, 15) is 0 Å². The maximum Gasteiger partial charge on any atom is 0.165 e. The first-order valence-electron chi connectivity index (χ1n) is 20.4. The van der Waals surface area contributed by atoms with Crippen LogP contribution in [0.25, 0.3) is 121 Å². The lowest BCUT2D eigenvalue weighted by molar-refractivity contribution is 1.04. The second-order valence-electron chi connectivity index (χ2n) is 15.6. The van der Waals surface area contributed by atoms with E-state index in [4.69, 9.17) is 15.0 Å². The van der Waals surface area contributed by atoms with Crippen LogP contribution in [0, 0.1) is 0 Å². The molecule has 0 aliphatic rings. The van der Waals surface area contributed by atoms with Gasteiger partial charge in [-0.2, -0.15) is 0 Å². The lowest BCUT2D eigenvalue weighted by Gasteiger charge is -2.17. The van der Waals surface area contributed by atoms with Crippen LogP contribution in [0.3, 0.4) is 0 Å². The van der Waals surface area contributed by atoms with Gasteiger partial charge in [-0.25, -0.2) is 9.97 Å². The first-order chi connectivity index (χ1) is 29.8. The number of aromatic nitrogens is 5. The van der Waals surface area contributed by atoms with Crippen molar-refractivity contribution in [3.63, 3.8) is 0 Å². The first kappa shape index (κ1) is 32.9. The van der Waals surface area contributed by atoms with Gasteiger partial charge in [-0.15, -0.1) is 0 Å². The van der Waals surface area contributed by atoms with Gasteiger partial charge in [0.05, 0.1) is 22.1 Å². The predicted octanol–water partition coefficient (Wildman–Crippen LogP) is 14.0. The zero-order chi connectivity index (χ0) is 39.3. The topological polar surface area (TPSA) is 48.5 Å². The molecule has 0 N–H and O–H groups in total. The number of rotatable bonds is 4. The van der Waals surface area contributed by atoms with Gasteiger partial charge in [0, 0.05) is 56.1 Å². The molecular weight excluding hydrogens is 731 g/mol. The van der Waals surface area contributed by atoms with Gasteiger partial charge in [-0.3, -0.25) is 9.55 Å². The third kappa shape index (κ3) is 4.66. The molecule has 0 saturated heterocycles. The molecule has 60 heavy (non-hydrogen) atoms. The molecule has 9 aromatic carbocycles. The smallest absolute Gasteiger partial charge is 0.165 e. The molecule has 0 spiro atoms. The molecule has 5 nitrogen and oxygen atoms in total. The summed E-state index contributed by atoms with van der Waals surface area (Å²) in [5, 5.41) is 12.7. The Hall–Kier alpha value is -8.15. The lowest BCUT2D eigenvalue weighted by atomic mass is 9.91. The number of nitrogens with zero attached hydrogens (tertiary/aromatic N) is 5. The van der Waals surface area contributed by atoms with E-state index in [2.05, 4.69) is 197 Å². The van der Waals surface area contributed by atoms with Crippen LogP contribution in [0.5, 0.6) is 0 Å². The lowest BCUT2D eigenvalue weighted by Crippen LogP contribution is -2.04. The van der Waals surface area contributed by atoms with Crippen molar-refractivity contribution in [2.45, 2.75) is 0 Å². The monoisotopic (exact) mass is 763 g/mol. The minimum absolute atomic E-state index is 0.739. The summed E-state index contributed by atoms with van der Waals surface area (Å²) in [6.45, 7) is 0. The van der Waals surface area contributed by atoms with Crippen molar-refractivity contribution in [3.8, 4) is 34.0 Å². The molecule has 0 aliphatic carbocycles. The molecule has 0 amide bonds. The Labute approximate surface area is 344 Å². The van der Waals surface area contributed by atoms with E-state index in [0.29, 0.717) is 0 Å². The van der Waals surface area contributed by atoms with E-state index >= 15 is 0 Å². The molecule has 0 fully saturated rings. The number of imidazole rings is 1. The summed E-state index contributed by atoms with van der Waals surface area (Å²) in [5.41, 5.74) is 9.39. The van der Waals surface area contributed by atoms with E-state index in [1.54, 1.807) is 0 Å². The number of hydrogen-bond donors (Lipinski definition) is 0. The SMILES string of the molecule is c1ccc(-n2c3ccccc3c3cc(-c4nc5c6ccccc6c6ccccc6c5n4-c4ncc(-c5c6ccccc6cc6ccccc56)c5cccnc45)ccc32)cc1. The van der Waals surface area contributed by atoms with E-state index in [1.807, 2.05) is 12.3 Å². The quantitative estimate of drug-likeness (QED) is 0.132. The van der Waals surface area contributed by atoms with Gasteiger partial charge in [0.25, 0.3) is 0 Å². The summed E-state index contributed by atoms with van der Waals surface area (Å²) in [4.78, 5) is 16.3. The van der Waals surface area contributed by atoms with Crippen LogP contribution in [0.15, 0.2) is 200 Å². The van der Waals surface area contributed by atoms with Crippen LogP contribution in [-0.4, -0.2) is 24.1 Å². The first-order valence-corrected chi connectivity index (χ1v) is 20.4. The molecule has 4 heterocycles. The summed E-state index contributed by atoms with van der Waals surface area (Å²) < 4.78 is 4.63. The number of para-hydroxylation sites is 2. The highest BCUT2D eigenvalue weighted by molar-refractivity contribution is 6.25. The third-order valence-electron chi connectivity index (χ3n) is 12.4. The standard InChI is InChI=1S/C55H33N5/c1-2-17-37(18-3-1)59-48-27-13-12-23-42(48)46-32-36(28-29-49(46)59)54-58-51-43-24-10-8-21-40(43)41-22-9-11-25-45(41)53(51)60(54)55-52-44(26-14-30-56-52)47(33-57-55)50-38-19-6-4-15-34(38)31-35-16-5-7-20-39(35)50/h1-33H. The van der Waals surface area contributed by atoms with Crippen molar-refractivity contribution in [1.82, 2.24) is 24.1 Å². The summed E-state index contributed by atoms with van der Waals surface area (Å²) in [6, 6.07) is 67.2. The Morgan fingerprint density at radius 2 is 0.983 bits per heavy atom. The largest absolute Gasteiger partial charge is 0.309 e. The van der Waals surface area contributed by atoms with Gasteiger partial charge in [0.15, 0.2) is 5.82 Å². The van der Waals surface area contributed by atoms with Crippen molar-refractivity contribution in [2.75, 3.05) is 0 Å². The Morgan fingerprint density at radius 1 is 0.383 bits per heavy atom. The molecule has 0 atom stereocenters. The van der Waals surface area contributed by atoms with Gasteiger partial charge in [0.2, 0.25) is 0 Å². The van der Waals surface area contributed by atoms with Gasteiger partial charge in [-0.1, -0.05) is 140 Å². The highest BCUT2D eigenvalue weighted by Gasteiger charge is 2.25. The Morgan fingerprint density at radius 3 is 1.75 bits per heavy atom. The molecule has 0 aliphatic heterocycles. The van der Waals surface area contributed by atoms with Crippen LogP contribution >= 0.6 is 0 Å². The summed E-state index contributed by atoms with van der Waals surface area (Å²) in [7, 11) is 0. The third-order valence-corrected chi connectivity index (χ3v) is 12.4. The number of hydrogen-bond acceptors (Lipinski definition) is 3. The molecule has 13 rings (SSSR count). The van der Waals surface area contributed by atoms with Crippen molar-refractivity contribution in [1.29, 1.82) is 0 Å². The fourth-order valence-corrected chi connectivity index (χ4v) is 9.80. The van der Waals surface area contributed by atoms with Gasteiger partial charge < -0.3 is 4.57 Å². The fraction of sp³-hybridized carbons (Fsp3) is 0. The van der Waals surface area contributed by atoms with Crippen molar-refractivity contribution in [2.24, 2.45) is 0 Å². The second-order valence-corrected chi connectivity index (χ2v) is 15.6. The zero-order valence-electron chi connectivity index (χ0n) is 32.3. The molecule has 0 saturated carbocycles. The number of pyridine rings is 2. The molecule has 13 aromatic rings. The zero-order valence-corrected chi connectivity index (χ0v) is 32.3.